The summed E-state index contributed by atoms with van der Waals surface area (Å²) < 4.78 is 40.7. The van der Waals surface area contributed by atoms with Gasteiger partial charge in [-0.05, 0) is 92.8 Å². The van der Waals surface area contributed by atoms with E-state index in [1.807, 2.05) is 11.6 Å². The monoisotopic (exact) mass is 520 g/mol. The van der Waals surface area contributed by atoms with Crippen molar-refractivity contribution in [2.24, 2.45) is 7.05 Å². The Balaban J connectivity index is 1.36. The maximum absolute atomic E-state index is 15.2. The second kappa shape index (κ2) is 9.82. The number of nitrogens with zero attached hydrogens (tertiary/aromatic N) is 4. The summed E-state index contributed by atoms with van der Waals surface area (Å²) in [5.74, 6) is 0.565. The SMILES string of the molecule is CC(C)N1C=CC=C(N2CCC(c3cc(F)c4nc(-c5ccc(S(C)(=O)=O)cc5)n(C)c4c3)CC2)C=C1. The molecule has 37 heavy (non-hydrogen) atoms. The number of aryl methyl sites for hydroxylation is 1. The lowest BCUT2D eigenvalue weighted by Gasteiger charge is -2.34. The number of aromatic nitrogens is 2. The summed E-state index contributed by atoms with van der Waals surface area (Å²) in [6.07, 6.45) is 13.7. The van der Waals surface area contributed by atoms with Crippen LogP contribution in [0, 0.1) is 5.82 Å². The maximum atomic E-state index is 15.2. The molecule has 1 aromatic heterocycles. The maximum Gasteiger partial charge on any atom is 0.175 e. The summed E-state index contributed by atoms with van der Waals surface area (Å²) in [5, 5.41) is 0. The third-order valence-electron chi connectivity index (χ3n) is 7.37. The molecule has 0 radical (unpaired) electrons. The fraction of sp³-hybridized carbons (Fsp3) is 0.345. The van der Waals surface area contributed by atoms with Crippen LogP contribution in [0.3, 0.4) is 0 Å². The van der Waals surface area contributed by atoms with E-state index in [-0.39, 0.29) is 16.6 Å². The van der Waals surface area contributed by atoms with Crippen molar-refractivity contribution in [3.8, 4) is 11.4 Å². The Morgan fingerprint density at radius 2 is 1.76 bits per heavy atom. The number of hydrogen-bond donors (Lipinski definition) is 0. The van der Waals surface area contributed by atoms with E-state index in [0.29, 0.717) is 17.4 Å². The number of halogens is 1. The molecule has 2 aliphatic rings. The predicted octanol–water partition coefficient (Wildman–Crippen LogP) is 5.60. The molecule has 0 spiro atoms. The predicted molar refractivity (Wildman–Crippen MR) is 146 cm³/mol. The van der Waals surface area contributed by atoms with Gasteiger partial charge in [0.25, 0.3) is 0 Å². The Morgan fingerprint density at radius 1 is 1.05 bits per heavy atom. The van der Waals surface area contributed by atoms with Crippen molar-refractivity contribution in [1.82, 2.24) is 19.4 Å². The van der Waals surface area contributed by atoms with Gasteiger partial charge in [0.05, 0.1) is 10.4 Å². The van der Waals surface area contributed by atoms with Crippen LogP contribution in [0.25, 0.3) is 22.4 Å². The van der Waals surface area contributed by atoms with Gasteiger partial charge in [-0.25, -0.2) is 17.8 Å². The van der Waals surface area contributed by atoms with E-state index in [0.717, 1.165) is 42.6 Å². The van der Waals surface area contributed by atoms with Gasteiger partial charge in [0.15, 0.2) is 15.7 Å². The summed E-state index contributed by atoms with van der Waals surface area (Å²) in [6, 6.07) is 10.7. The topological polar surface area (TPSA) is 58.4 Å². The Bertz CT molecular complexity index is 1510. The molecule has 1 fully saturated rings. The largest absolute Gasteiger partial charge is 0.371 e. The Kier molecular flexibility index (Phi) is 6.70. The zero-order valence-electron chi connectivity index (χ0n) is 21.7. The number of allylic oxidation sites excluding steroid dienone is 3. The van der Waals surface area contributed by atoms with Gasteiger partial charge in [0, 0.05) is 56.1 Å². The summed E-state index contributed by atoms with van der Waals surface area (Å²) in [4.78, 5) is 9.41. The number of benzene rings is 2. The number of sulfone groups is 1. The van der Waals surface area contributed by atoms with Crippen molar-refractivity contribution in [2.45, 2.75) is 43.5 Å². The highest BCUT2D eigenvalue weighted by Gasteiger charge is 2.24. The van der Waals surface area contributed by atoms with Crippen LogP contribution < -0.4 is 0 Å². The number of piperidine rings is 1. The van der Waals surface area contributed by atoms with Crippen LogP contribution in [0.2, 0.25) is 0 Å². The lowest BCUT2D eigenvalue weighted by molar-refractivity contribution is 0.269. The van der Waals surface area contributed by atoms with Gasteiger partial charge in [0.1, 0.15) is 11.3 Å². The highest BCUT2D eigenvalue weighted by molar-refractivity contribution is 7.90. The summed E-state index contributed by atoms with van der Waals surface area (Å²) in [7, 11) is -1.41. The van der Waals surface area contributed by atoms with Crippen LogP contribution in [-0.4, -0.2) is 53.2 Å². The molecule has 0 amide bonds. The highest BCUT2D eigenvalue weighted by Crippen LogP contribution is 2.34. The number of hydrogen-bond acceptors (Lipinski definition) is 5. The zero-order chi connectivity index (χ0) is 26.3. The zero-order valence-corrected chi connectivity index (χ0v) is 22.5. The molecule has 8 heteroatoms. The molecule has 0 unspecified atom stereocenters. The molecule has 0 bridgehead atoms. The lowest BCUT2D eigenvalue weighted by atomic mass is 9.89. The molecule has 0 aliphatic carbocycles. The first-order chi connectivity index (χ1) is 17.6. The third-order valence-corrected chi connectivity index (χ3v) is 8.50. The average molecular weight is 521 g/mol. The second-order valence-corrected chi connectivity index (χ2v) is 12.2. The molecule has 5 rings (SSSR count). The minimum absolute atomic E-state index is 0.248. The first-order valence-electron chi connectivity index (χ1n) is 12.7. The van der Waals surface area contributed by atoms with Crippen molar-refractivity contribution >= 4 is 20.9 Å². The van der Waals surface area contributed by atoms with Crippen molar-refractivity contribution in [2.75, 3.05) is 19.3 Å². The van der Waals surface area contributed by atoms with E-state index in [9.17, 15) is 8.42 Å². The van der Waals surface area contributed by atoms with Gasteiger partial charge in [-0.1, -0.05) is 0 Å². The van der Waals surface area contributed by atoms with Crippen molar-refractivity contribution in [1.29, 1.82) is 0 Å². The fourth-order valence-corrected chi connectivity index (χ4v) is 5.78. The molecule has 0 saturated carbocycles. The van der Waals surface area contributed by atoms with Gasteiger partial charge in [0.2, 0.25) is 0 Å². The van der Waals surface area contributed by atoms with Crippen molar-refractivity contribution < 1.29 is 12.8 Å². The van der Waals surface area contributed by atoms with Crippen LogP contribution in [0.5, 0.6) is 0 Å². The Hall–Kier alpha value is -3.39. The van der Waals surface area contributed by atoms with Crippen molar-refractivity contribution in [3.63, 3.8) is 0 Å². The van der Waals surface area contributed by atoms with E-state index >= 15 is 4.39 Å². The van der Waals surface area contributed by atoms with Gasteiger partial charge < -0.3 is 14.4 Å². The molecule has 2 aliphatic heterocycles. The smallest absolute Gasteiger partial charge is 0.175 e. The molecule has 194 valence electrons. The average Bonchev–Trinajstić information content (AvgIpc) is 3.04. The van der Waals surface area contributed by atoms with Gasteiger partial charge in [-0.15, -0.1) is 0 Å². The molecule has 3 aromatic rings. The first-order valence-corrected chi connectivity index (χ1v) is 14.6. The lowest BCUT2D eigenvalue weighted by Crippen LogP contribution is -2.32. The van der Waals surface area contributed by atoms with E-state index in [2.05, 4.69) is 65.3 Å². The highest BCUT2D eigenvalue weighted by atomic mass is 32.2. The quantitative estimate of drug-likeness (QED) is 0.439. The molecule has 0 N–H and O–H groups in total. The van der Waals surface area contributed by atoms with Gasteiger partial charge in [-0.2, -0.15) is 0 Å². The molecule has 3 heterocycles. The summed E-state index contributed by atoms with van der Waals surface area (Å²) in [6.45, 7) is 6.17. The van der Waals surface area contributed by atoms with Crippen LogP contribution in [0.1, 0.15) is 38.2 Å². The summed E-state index contributed by atoms with van der Waals surface area (Å²) in [5.41, 5.74) is 4.03. The molecule has 6 nitrogen and oxygen atoms in total. The van der Waals surface area contributed by atoms with Gasteiger partial charge >= 0.3 is 0 Å². The van der Waals surface area contributed by atoms with Crippen LogP contribution in [0.4, 0.5) is 4.39 Å². The number of likely N-dealkylation sites (tertiary alicyclic amines) is 1. The molecule has 1 saturated heterocycles. The normalized spacial score (nSPS) is 17.1. The van der Waals surface area contributed by atoms with E-state index in [1.54, 1.807) is 30.3 Å². The first kappa shape index (κ1) is 25.3. The molecule has 0 atom stereocenters. The summed E-state index contributed by atoms with van der Waals surface area (Å²) >= 11 is 0. The number of rotatable bonds is 5. The molecule has 2 aromatic carbocycles. The van der Waals surface area contributed by atoms with E-state index in [1.165, 1.54) is 12.0 Å². The Labute approximate surface area is 218 Å². The van der Waals surface area contributed by atoms with Crippen LogP contribution in [-0.2, 0) is 16.9 Å². The van der Waals surface area contributed by atoms with Gasteiger partial charge in [-0.3, -0.25) is 0 Å². The molecular weight excluding hydrogens is 487 g/mol. The minimum atomic E-state index is -3.28. The molecular formula is C29H33FN4O2S. The van der Waals surface area contributed by atoms with Crippen LogP contribution >= 0.6 is 0 Å². The minimum Gasteiger partial charge on any atom is -0.371 e. The number of fused-ring (bicyclic) bond motifs is 1. The van der Waals surface area contributed by atoms with E-state index < -0.39 is 9.84 Å². The third kappa shape index (κ3) is 5.07. The van der Waals surface area contributed by atoms with Crippen molar-refractivity contribution in [3.05, 3.63) is 84.1 Å². The number of imidazole rings is 1. The second-order valence-electron chi connectivity index (χ2n) is 10.2. The Morgan fingerprint density at radius 3 is 2.41 bits per heavy atom. The van der Waals surface area contributed by atoms with E-state index in [4.69, 9.17) is 0 Å². The van der Waals surface area contributed by atoms with Crippen LogP contribution in [0.15, 0.2) is 77.6 Å². The standard InChI is InChI=1S/C29H33FN4O2S/c1-20(2)33-14-5-6-24(13-17-33)34-15-11-21(12-16-34)23-18-26(30)28-27(19-23)32(3)29(31-28)22-7-9-25(10-8-22)37(4,35)36/h5-10,13-14,17-21H,11-12,15-16H2,1-4H3. The fourth-order valence-electron chi connectivity index (χ4n) is 5.15.